The maximum absolute atomic E-state index is 12.2. The number of benzene rings is 2. The van der Waals surface area contributed by atoms with E-state index in [2.05, 4.69) is 52.8 Å². The minimum atomic E-state index is -1.13. The number of nitrogens with one attached hydrogen (secondary N) is 2. The van der Waals surface area contributed by atoms with Crippen molar-refractivity contribution in [2.24, 2.45) is 5.41 Å². The number of rotatable bonds is 9. The number of aliphatic carboxylic acids is 1. The predicted octanol–water partition coefficient (Wildman–Crippen LogP) is 6.09. The van der Waals surface area contributed by atoms with Gasteiger partial charge in [0, 0.05) is 29.7 Å². The molecule has 38 heavy (non-hydrogen) atoms. The average molecular weight is 635 g/mol. The molecule has 8 nitrogen and oxygen atoms in total. The Bertz CT molecular complexity index is 1340. The Morgan fingerprint density at radius 3 is 2.37 bits per heavy atom. The van der Waals surface area contributed by atoms with Crippen molar-refractivity contribution >= 4 is 51.5 Å². The molecule has 2 aromatic carbocycles. The van der Waals surface area contributed by atoms with Crippen LogP contribution in [0.25, 0.3) is 22.0 Å². The number of hydrogen-bond acceptors (Lipinski definition) is 5. The van der Waals surface area contributed by atoms with Gasteiger partial charge in [-0.25, -0.2) is 9.59 Å². The Morgan fingerprint density at radius 2 is 1.74 bits per heavy atom. The first kappa shape index (κ1) is 29.5. The largest absolute Gasteiger partial charge is 0.480 e. The number of carbonyl (C=O) groups is 3. The van der Waals surface area contributed by atoms with E-state index in [0.717, 1.165) is 43.3 Å². The number of amides is 1. The highest BCUT2D eigenvalue weighted by Gasteiger charge is 2.26. The first-order valence-corrected chi connectivity index (χ1v) is 13.5. The Balaban J connectivity index is 1.86. The van der Waals surface area contributed by atoms with Gasteiger partial charge in [-0.15, -0.1) is 0 Å². The third kappa shape index (κ3) is 8.21. The van der Waals surface area contributed by atoms with E-state index in [4.69, 9.17) is 9.47 Å². The molecule has 1 unspecified atom stereocenters. The van der Waals surface area contributed by atoms with Gasteiger partial charge in [0.05, 0.1) is 10.3 Å². The summed E-state index contributed by atoms with van der Waals surface area (Å²) in [7, 11) is 0. The molecule has 0 bridgehead atoms. The molecule has 1 heterocycles. The van der Waals surface area contributed by atoms with Gasteiger partial charge in [0.1, 0.15) is 11.6 Å². The van der Waals surface area contributed by atoms with Gasteiger partial charge in [0.2, 0.25) is 0 Å². The first-order valence-electron chi connectivity index (χ1n) is 12.4. The molecule has 0 radical (unpaired) electrons. The van der Waals surface area contributed by atoms with Crippen LogP contribution >= 0.6 is 22.6 Å². The van der Waals surface area contributed by atoms with Crippen LogP contribution in [-0.4, -0.2) is 46.4 Å². The van der Waals surface area contributed by atoms with Crippen molar-refractivity contribution in [1.29, 1.82) is 0 Å². The number of fused-ring (bicyclic) bond motifs is 1. The fourth-order valence-corrected chi connectivity index (χ4v) is 4.93. The first-order chi connectivity index (χ1) is 17.6. The van der Waals surface area contributed by atoms with E-state index in [1.165, 1.54) is 6.92 Å². The fraction of sp³-hybridized carbons (Fsp3) is 0.414. The molecule has 9 heteroatoms. The molecule has 3 N–H and O–H groups in total. The van der Waals surface area contributed by atoms with Crippen LogP contribution in [-0.2, 0) is 31.9 Å². The van der Waals surface area contributed by atoms with Crippen molar-refractivity contribution in [3.63, 3.8) is 0 Å². The Hall–Kier alpha value is -3.08. The number of ether oxygens (including phenoxy) is 2. The molecule has 1 aromatic heterocycles. The number of esters is 1. The molecule has 0 aliphatic carbocycles. The number of halogens is 1. The third-order valence-electron chi connectivity index (χ3n) is 5.86. The van der Waals surface area contributed by atoms with E-state index in [0.29, 0.717) is 6.61 Å². The summed E-state index contributed by atoms with van der Waals surface area (Å²) in [5, 5.41) is 13.2. The topological polar surface area (TPSA) is 118 Å². The summed E-state index contributed by atoms with van der Waals surface area (Å²) >= 11 is 2.30. The monoisotopic (exact) mass is 634 g/mol. The van der Waals surface area contributed by atoms with Crippen LogP contribution in [0.2, 0.25) is 0 Å². The zero-order chi connectivity index (χ0) is 28.3. The van der Waals surface area contributed by atoms with Crippen LogP contribution in [0.1, 0.15) is 52.7 Å². The fourth-order valence-electron chi connectivity index (χ4n) is 4.16. The van der Waals surface area contributed by atoms with E-state index < -0.39 is 23.7 Å². The summed E-state index contributed by atoms with van der Waals surface area (Å²) in [6.45, 7) is 11.1. The minimum absolute atomic E-state index is 0.113. The minimum Gasteiger partial charge on any atom is -0.480 e. The second kappa shape index (κ2) is 11.8. The SMILES string of the molecule is CC(=O)OCC(C)(C)Cc1c(I)[nH]c2ccc(-c3cccc(CC(NC(=O)OC(C)(C)C)C(=O)O)c3)cc12. The molecule has 0 saturated heterocycles. The lowest BCUT2D eigenvalue weighted by molar-refractivity contribution is -0.144. The molecule has 0 spiro atoms. The quantitative estimate of drug-likeness (QED) is 0.194. The molecule has 0 aliphatic rings. The van der Waals surface area contributed by atoms with Crippen LogP contribution in [0, 0.1) is 9.12 Å². The summed E-state index contributed by atoms with van der Waals surface area (Å²) in [5.41, 5.74) is 3.90. The van der Waals surface area contributed by atoms with Gasteiger partial charge in [-0.3, -0.25) is 4.79 Å². The van der Waals surface area contributed by atoms with Gasteiger partial charge in [0.25, 0.3) is 0 Å². The molecule has 0 fully saturated rings. The highest BCUT2D eigenvalue weighted by atomic mass is 127. The number of aromatic nitrogens is 1. The zero-order valence-corrected chi connectivity index (χ0v) is 24.8. The van der Waals surface area contributed by atoms with Gasteiger partial charge in [-0.2, -0.15) is 0 Å². The normalized spacial score (nSPS) is 12.7. The Labute approximate surface area is 236 Å². The van der Waals surface area contributed by atoms with Crippen LogP contribution < -0.4 is 5.32 Å². The predicted molar refractivity (Wildman–Crippen MR) is 155 cm³/mol. The number of hydrogen-bond donors (Lipinski definition) is 3. The molecule has 1 amide bonds. The lowest BCUT2D eigenvalue weighted by Crippen LogP contribution is -2.44. The standard InChI is InChI=1S/C29H35IN2O6/c1-17(33)37-16-29(5,6)15-22-21-14-20(10-11-23(21)31-25(22)30)19-9-7-8-18(12-19)13-24(26(34)35)32-27(36)38-28(2,3)4/h7-12,14,24,31H,13,15-16H2,1-6H3,(H,32,36)(H,34,35). The van der Waals surface area contributed by atoms with Crippen LogP contribution in [0.4, 0.5) is 4.79 Å². The number of H-pyrrole nitrogens is 1. The molecular weight excluding hydrogens is 599 g/mol. The van der Waals surface area contributed by atoms with E-state index in [-0.39, 0.29) is 17.8 Å². The maximum atomic E-state index is 12.2. The second-order valence-corrected chi connectivity index (χ2v) is 12.3. The van der Waals surface area contributed by atoms with Gasteiger partial charge in [-0.05, 0) is 84.2 Å². The lowest BCUT2D eigenvalue weighted by atomic mass is 9.86. The maximum Gasteiger partial charge on any atom is 0.408 e. The number of carbonyl (C=O) groups excluding carboxylic acids is 2. The van der Waals surface area contributed by atoms with Crippen molar-refractivity contribution in [2.75, 3.05) is 6.61 Å². The number of alkyl carbamates (subject to hydrolysis) is 1. The highest BCUT2D eigenvalue weighted by molar-refractivity contribution is 14.1. The molecular formula is C29H35IN2O6. The van der Waals surface area contributed by atoms with E-state index in [9.17, 15) is 19.5 Å². The van der Waals surface area contributed by atoms with E-state index >= 15 is 0 Å². The van der Waals surface area contributed by atoms with E-state index in [1.54, 1.807) is 20.8 Å². The summed E-state index contributed by atoms with van der Waals surface area (Å²) in [4.78, 5) is 38.8. The van der Waals surface area contributed by atoms with Crippen molar-refractivity contribution in [2.45, 2.75) is 66.0 Å². The molecule has 3 aromatic rings. The summed E-state index contributed by atoms with van der Waals surface area (Å²) in [6.07, 6.45) is 0.0683. The van der Waals surface area contributed by atoms with Crippen LogP contribution in [0.15, 0.2) is 42.5 Å². The Kier molecular flexibility index (Phi) is 9.12. The van der Waals surface area contributed by atoms with Gasteiger partial charge in [-0.1, -0.05) is 44.2 Å². The van der Waals surface area contributed by atoms with Gasteiger partial charge < -0.3 is 24.9 Å². The number of carboxylic acids is 1. The van der Waals surface area contributed by atoms with Crippen molar-refractivity contribution < 1.29 is 29.0 Å². The zero-order valence-electron chi connectivity index (χ0n) is 22.6. The lowest BCUT2D eigenvalue weighted by Gasteiger charge is -2.24. The van der Waals surface area contributed by atoms with E-state index in [1.807, 2.05) is 36.4 Å². The summed E-state index contributed by atoms with van der Waals surface area (Å²) in [5.74, 6) is -1.43. The smallest absolute Gasteiger partial charge is 0.408 e. The Morgan fingerprint density at radius 1 is 1.05 bits per heavy atom. The molecule has 1 atom stereocenters. The van der Waals surface area contributed by atoms with Crippen LogP contribution in [0.5, 0.6) is 0 Å². The summed E-state index contributed by atoms with van der Waals surface area (Å²) < 4.78 is 11.5. The second-order valence-electron chi connectivity index (χ2n) is 11.2. The molecule has 0 saturated carbocycles. The van der Waals surface area contributed by atoms with Gasteiger partial charge >= 0.3 is 18.0 Å². The summed E-state index contributed by atoms with van der Waals surface area (Å²) in [6, 6.07) is 12.7. The van der Waals surface area contributed by atoms with Crippen molar-refractivity contribution in [1.82, 2.24) is 10.3 Å². The average Bonchev–Trinajstić information content (AvgIpc) is 3.10. The van der Waals surface area contributed by atoms with Gasteiger partial charge in [0.15, 0.2) is 0 Å². The third-order valence-corrected chi connectivity index (χ3v) is 6.79. The highest BCUT2D eigenvalue weighted by Crippen LogP contribution is 2.34. The van der Waals surface area contributed by atoms with Crippen molar-refractivity contribution in [3.05, 3.63) is 57.3 Å². The number of carboxylic acid groups (broad SMARTS) is 1. The molecule has 204 valence electrons. The van der Waals surface area contributed by atoms with Crippen molar-refractivity contribution in [3.8, 4) is 11.1 Å². The molecule has 3 rings (SSSR count). The van der Waals surface area contributed by atoms with Crippen LogP contribution in [0.3, 0.4) is 0 Å². The number of aromatic amines is 1. The molecule has 0 aliphatic heterocycles.